The molecule has 0 atom stereocenters. The number of rotatable bonds is 5. The third kappa shape index (κ3) is 4.28. The molecule has 0 bridgehead atoms. The van der Waals surface area contributed by atoms with Gasteiger partial charge < -0.3 is 16.0 Å². The Balaban J connectivity index is 1.94. The topological polar surface area (TPSA) is 98.3 Å². The molecule has 1 aliphatic rings. The molecule has 7 heteroatoms. The van der Waals surface area contributed by atoms with Gasteiger partial charge in [-0.25, -0.2) is 0 Å². The molecule has 0 saturated carbocycles. The number of amides is 1. The van der Waals surface area contributed by atoms with E-state index < -0.39 is 0 Å². The number of nitrogens with one attached hydrogen (secondary N) is 1. The highest BCUT2D eigenvalue weighted by molar-refractivity contribution is 5.97. The van der Waals surface area contributed by atoms with Crippen molar-refractivity contribution in [2.45, 2.75) is 0 Å². The van der Waals surface area contributed by atoms with Crippen molar-refractivity contribution in [1.82, 2.24) is 14.8 Å². The number of pyridine rings is 1. The number of hydrogen-bond acceptors (Lipinski definition) is 6. The normalized spacial score (nSPS) is 16.2. The van der Waals surface area contributed by atoms with E-state index in [9.17, 15) is 10.1 Å². The van der Waals surface area contributed by atoms with Crippen molar-refractivity contribution in [3.8, 4) is 6.07 Å². The number of aromatic nitrogens is 1. The number of nitriles is 1. The zero-order valence-corrected chi connectivity index (χ0v) is 12.4. The van der Waals surface area contributed by atoms with Crippen molar-refractivity contribution in [2.24, 2.45) is 5.73 Å². The minimum atomic E-state index is -0.244. The lowest BCUT2D eigenvalue weighted by Crippen LogP contribution is -2.50. The standard InChI is InChI=1S/C15H20N6O/c16-3-5-20-6-8-21(9-7-20)15(22)13(10-17)11-19-14-2-1-4-18-12-14/h1-2,4,11-12,19H,3,5-9,16H2/b13-11-. The molecular formula is C15H20N6O. The van der Waals surface area contributed by atoms with E-state index in [1.54, 1.807) is 23.4 Å². The fraction of sp³-hybridized carbons (Fsp3) is 0.400. The highest BCUT2D eigenvalue weighted by Gasteiger charge is 2.23. The van der Waals surface area contributed by atoms with E-state index in [4.69, 9.17) is 5.73 Å². The molecular weight excluding hydrogens is 280 g/mol. The minimum absolute atomic E-state index is 0.0936. The molecule has 1 aromatic heterocycles. The van der Waals surface area contributed by atoms with Gasteiger partial charge in [-0.05, 0) is 12.1 Å². The summed E-state index contributed by atoms with van der Waals surface area (Å²) in [5.74, 6) is -0.244. The van der Waals surface area contributed by atoms with Crippen LogP contribution in [0.1, 0.15) is 0 Å². The molecule has 0 radical (unpaired) electrons. The Morgan fingerprint density at radius 1 is 1.45 bits per heavy atom. The van der Waals surface area contributed by atoms with Gasteiger partial charge in [-0.1, -0.05) is 0 Å². The molecule has 116 valence electrons. The van der Waals surface area contributed by atoms with Crippen LogP contribution in [-0.4, -0.2) is 60.0 Å². The van der Waals surface area contributed by atoms with Gasteiger partial charge in [0.15, 0.2) is 0 Å². The molecule has 0 spiro atoms. The van der Waals surface area contributed by atoms with E-state index in [0.29, 0.717) is 19.6 Å². The molecule has 3 N–H and O–H groups in total. The van der Waals surface area contributed by atoms with Crippen LogP contribution in [-0.2, 0) is 4.79 Å². The van der Waals surface area contributed by atoms with E-state index in [-0.39, 0.29) is 11.5 Å². The first kappa shape index (κ1) is 15.9. The molecule has 2 rings (SSSR count). The van der Waals surface area contributed by atoms with Gasteiger partial charge in [-0.2, -0.15) is 5.26 Å². The lowest BCUT2D eigenvalue weighted by Gasteiger charge is -2.34. The number of carbonyl (C=O) groups is 1. The molecule has 0 unspecified atom stereocenters. The molecule has 1 amide bonds. The van der Waals surface area contributed by atoms with Crippen LogP contribution in [0.3, 0.4) is 0 Å². The summed E-state index contributed by atoms with van der Waals surface area (Å²) in [6.45, 7) is 4.27. The van der Waals surface area contributed by atoms with E-state index in [1.807, 2.05) is 12.1 Å². The third-order valence-corrected chi connectivity index (χ3v) is 3.50. The van der Waals surface area contributed by atoms with Crippen LogP contribution in [0.2, 0.25) is 0 Å². The molecule has 0 aromatic carbocycles. The summed E-state index contributed by atoms with van der Waals surface area (Å²) >= 11 is 0. The highest BCUT2D eigenvalue weighted by Crippen LogP contribution is 2.08. The number of carbonyl (C=O) groups excluding carboxylic acids is 1. The number of nitrogens with zero attached hydrogens (tertiary/aromatic N) is 4. The van der Waals surface area contributed by atoms with E-state index in [0.717, 1.165) is 25.3 Å². The average molecular weight is 300 g/mol. The number of piperazine rings is 1. The average Bonchev–Trinajstić information content (AvgIpc) is 2.57. The lowest BCUT2D eigenvalue weighted by atomic mass is 10.2. The van der Waals surface area contributed by atoms with E-state index in [1.165, 1.54) is 6.20 Å². The summed E-state index contributed by atoms with van der Waals surface area (Å²) < 4.78 is 0. The van der Waals surface area contributed by atoms with Gasteiger partial charge in [0.05, 0.1) is 11.9 Å². The number of nitrogens with two attached hydrogens (primary N) is 1. The Morgan fingerprint density at radius 2 is 2.23 bits per heavy atom. The Kier molecular flexibility index (Phi) is 5.89. The second kappa shape index (κ2) is 8.12. The minimum Gasteiger partial charge on any atom is -0.359 e. The van der Waals surface area contributed by atoms with Gasteiger partial charge in [0.1, 0.15) is 11.6 Å². The summed E-state index contributed by atoms with van der Waals surface area (Å²) in [5, 5.41) is 12.1. The summed E-state index contributed by atoms with van der Waals surface area (Å²) in [7, 11) is 0. The maximum atomic E-state index is 12.4. The van der Waals surface area contributed by atoms with Crippen molar-refractivity contribution >= 4 is 11.6 Å². The second-order valence-corrected chi connectivity index (χ2v) is 4.98. The van der Waals surface area contributed by atoms with Crippen molar-refractivity contribution < 1.29 is 4.79 Å². The monoisotopic (exact) mass is 300 g/mol. The van der Waals surface area contributed by atoms with Crippen LogP contribution in [0.15, 0.2) is 36.3 Å². The second-order valence-electron chi connectivity index (χ2n) is 4.98. The largest absolute Gasteiger partial charge is 0.359 e. The molecule has 1 saturated heterocycles. The van der Waals surface area contributed by atoms with Crippen molar-refractivity contribution in [2.75, 3.05) is 44.6 Å². The Hall–Kier alpha value is -2.43. The number of hydrogen-bond donors (Lipinski definition) is 2. The Labute approximate surface area is 130 Å². The molecule has 1 aliphatic heterocycles. The SMILES string of the molecule is N#C/C(=C/Nc1cccnc1)C(=O)N1CCN(CCN)CC1. The smallest absolute Gasteiger partial charge is 0.266 e. The van der Waals surface area contributed by atoms with E-state index in [2.05, 4.69) is 15.2 Å². The fourth-order valence-corrected chi connectivity index (χ4v) is 2.27. The maximum Gasteiger partial charge on any atom is 0.266 e. The fourth-order valence-electron chi connectivity index (χ4n) is 2.27. The van der Waals surface area contributed by atoms with Gasteiger partial charge in [-0.3, -0.25) is 14.7 Å². The molecule has 0 aliphatic carbocycles. The molecule has 2 heterocycles. The predicted molar refractivity (Wildman–Crippen MR) is 83.6 cm³/mol. The van der Waals surface area contributed by atoms with Crippen LogP contribution < -0.4 is 11.1 Å². The van der Waals surface area contributed by atoms with Crippen LogP contribution in [0.5, 0.6) is 0 Å². The summed E-state index contributed by atoms with van der Waals surface area (Å²) in [4.78, 5) is 20.2. The predicted octanol–water partition coefficient (Wildman–Crippen LogP) is 0.00388. The first-order valence-corrected chi connectivity index (χ1v) is 7.23. The molecule has 1 aromatic rings. The molecule has 1 fully saturated rings. The number of anilines is 1. The van der Waals surface area contributed by atoms with Gasteiger partial charge in [0.25, 0.3) is 5.91 Å². The van der Waals surface area contributed by atoms with Gasteiger partial charge >= 0.3 is 0 Å². The van der Waals surface area contributed by atoms with E-state index >= 15 is 0 Å². The summed E-state index contributed by atoms with van der Waals surface area (Å²) in [5.41, 5.74) is 6.36. The Bertz CT molecular complexity index is 557. The quantitative estimate of drug-likeness (QED) is 0.587. The lowest BCUT2D eigenvalue weighted by molar-refractivity contribution is -0.128. The van der Waals surface area contributed by atoms with Gasteiger partial charge in [0.2, 0.25) is 0 Å². The zero-order chi connectivity index (χ0) is 15.8. The summed E-state index contributed by atoms with van der Waals surface area (Å²) in [6.07, 6.45) is 4.72. The molecule has 22 heavy (non-hydrogen) atoms. The van der Waals surface area contributed by atoms with Crippen LogP contribution in [0.4, 0.5) is 5.69 Å². The van der Waals surface area contributed by atoms with Crippen LogP contribution >= 0.6 is 0 Å². The highest BCUT2D eigenvalue weighted by atomic mass is 16.2. The van der Waals surface area contributed by atoms with Gasteiger partial charge in [-0.15, -0.1) is 0 Å². The van der Waals surface area contributed by atoms with Crippen molar-refractivity contribution in [1.29, 1.82) is 5.26 Å². The van der Waals surface area contributed by atoms with Crippen molar-refractivity contribution in [3.63, 3.8) is 0 Å². The first-order valence-electron chi connectivity index (χ1n) is 7.23. The maximum absolute atomic E-state index is 12.4. The Morgan fingerprint density at radius 3 is 2.82 bits per heavy atom. The zero-order valence-electron chi connectivity index (χ0n) is 12.4. The first-order chi connectivity index (χ1) is 10.7. The van der Waals surface area contributed by atoms with Crippen LogP contribution in [0, 0.1) is 11.3 Å². The third-order valence-electron chi connectivity index (χ3n) is 3.50. The van der Waals surface area contributed by atoms with Gasteiger partial charge in [0, 0.05) is 51.7 Å². The molecule has 7 nitrogen and oxygen atoms in total. The summed E-state index contributed by atoms with van der Waals surface area (Å²) in [6, 6.07) is 5.55. The van der Waals surface area contributed by atoms with Crippen LogP contribution in [0.25, 0.3) is 0 Å². The van der Waals surface area contributed by atoms with Crippen molar-refractivity contribution in [3.05, 3.63) is 36.3 Å².